The minimum Gasteiger partial charge on any atom is -0.384 e. The minimum absolute atomic E-state index is 0.0376. The average Bonchev–Trinajstić information content (AvgIpc) is 2.71. The van der Waals surface area contributed by atoms with Gasteiger partial charge in [0.2, 0.25) is 0 Å². The number of nitro groups is 1. The molecule has 0 aliphatic heterocycles. The Morgan fingerprint density at radius 1 is 1.60 bits per heavy atom. The van der Waals surface area contributed by atoms with Crippen LogP contribution >= 0.6 is 15.9 Å². The van der Waals surface area contributed by atoms with Crippen LogP contribution in [-0.2, 0) is 13.6 Å². The van der Waals surface area contributed by atoms with E-state index in [-0.39, 0.29) is 22.4 Å². The topological polar surface area (TPSA) is 99.0 Å². The highest BCUT2D eigenvalue weighted by atomic mass is 79.9. The van der Waals surface area contributed by atoms with Gasteiger partial charge in [0.05, 0.1) is 15.6 Å². The van der Waals surface area contributed by atoms with Gasteiger partial charge in [-0.05, 0) is 15.9 Å². The van der Waals surface area contributed by atoms with Gasteiger partial charge in [-0.15, -0.1) is 0 Å². The minimum atomic E-state index is -0.586. The van der Waals surface area contributed by atoms with E-state index < -0.39 is 10.7 Å². The van der Waals surface area contributed by atoms with Crippen LogP contribution in [0, 0.1) is 15.9 Å². The van der Waals surface area contributed by atoms with Crippen molar-refractivity contribution in [2.24, 2.45) is 7.05 Å². The van der Waals surface area contributed by atoms with Crippen LogP contribution in [0.5, 0.6) is 0 Å². The van der Waals surface area contributed by atoms with Crippen LogP contribution in [0.1, 0.15) is 5.56 Å². The van der Waals surface area contributed by atoms with Gasteiger partial charge in [-0.1, -0.05) is 0 Å². The van der Waals surface area contributed by atoms with E-state index in [9.17, 15) is 14.5 Å². The third-order valence-electron chi connectivity index (χ3n) is 2.77. The average molecular weight is 344 g/mol. The number of nitrogen functional groups attached to an aromatic ring is 1. The number of nitrogens with one attached hydrogen (secondary N) is 1. The number of anilines is 2. The Bertz CT molecular complexity index is 673. The summed E-state index contributed by atoms with van der Waals surface area (Å²) in [6, 6.07) is 2.18. The van der Waals surface area contributed by atoms with Gasteiger partial charge in [-0.3, -0.25) is 14.8 Å². The maximum absolute atomic E-state index is 13.5. The van der Waals surface area contributed by atoms with E-state index in [2.05, 4.69) is 26.3 Å². The van der Waals surface area contributed by atoms with Crippen molar-refractivity contribution in [3.63, 3.8) is 0 Å². The molecule has 3 N–H and O–H groups in total. The summed E-state index contributed by atoms with van der Waals surface area (Å²) in [5.41, 5.74) is 6.30. The number of aryl methyl sites for hydroxylation is 1. The highest BCUT2D eigenvalue weighted by Crippen LogP contribution is 2.31. The Labute approximate surface area is 121 Å². The molecule has 1 aromatic heterocycles. The zero-order chi connectivity index (χ0) is 14.9. The van der Waals surface area contributed by atoms with Gasteiger partial charge >= 0.3 is 0 Å². The maximum atomic E-state index is 13.5. The first-order chi connectivity index (χ1) is 9.40. The van der Waals surface area contributed by atoms with Crippen LogP contribution in [-0.4, -0.2) is 14.7 Å². The standard InChI is InChI=1S/C11H11BrFN5O2/c1-17-11(14)6(5-16-17)4-15-9-3-8(13)7(12)2-10(9)18(19)20/h2-3,5,15H,4,14H2,1H3. The second kappa shape index (κ2) is 5.45. The van der Waals surface area contributed by atoms with Gasteiger partial charge in [0.25, 0.3) is 5.69 Å². The molecule has 0 spiro atoms. The number of nitrogens with zero attached hydrogens (tertiary/aromatic N) is 3. The molecule has 9 heteroatoms. The molecule has 2 rings (SSSR count). The van der Waals surface area contributed by atoms with Crippen LogP contribution < -0.4 is 11.1 Å². The van der Waals surface area contributed by atoms with E-state index in [1.165, 1.54) is 4.68 Å². The molecule has 0 bridgehead atoms. The number of halogens is 2. The van der Waals surface area contributed by atoms with Gasteiger partial charge in [0.1, 0.15) is 17.3 Å². The fourth-order valence-corrected chi connectivity index (χ4v) is 1.98. The molecular weight excluding hydrogens is 333 g/mol. The monoisotopic (exact) mass is 343 g/mol. The molecular formula is C11H11BrFN5O2. The van der Waals surface area contributed by atoms with E-state index >= 15 is 0 Å². The normalized spacial score (nSPS) is 10.6. The predicted molar refractivity (Wildman–Crippen MR) is 75.7 cm³/mol. The van der Waals surface area contributed by atoms with Crippen molar-refractivity contribution in [1.82, 2.24) is 9.78 Å². The molecule has 0 atom stereocenters. The lowest BCUT2D eigenvalue weighted by molar-refractivity contribution is -0.384. The molecule has 0 saturated heterocycles. The first-order valence-electron chi connectivity index (χ1n) is 5.53. The smallest absolute Gasteiger partial charge is 0.293 e. The van der Waals surface area contributed by atoms with Crippen molar-refractivity contribution in [2.75, 3.05) is 11.1 Å². The molecule has 7 nitrogen and oxygen atoms in total. The Morgan fingerprint density at radius 2 is 2.30 bits per heavy atom. The molecule has 106 valence electrons. The fourth-order valence-electron chi connectivity index (χ4n) is 1.65. The van der Waals surface area contributed by atoms with E-state index in [0.717, 1.165) is 12.1 Å². The zero-order valence-corrected chi connectivity index (χ0v) is 12.0. The fraction of sp³-hybridized carbons (Fsp3) is 0.182. The van der Waals surface area contributed by atoms with Crippen LogP contribution in [0.4, 0.5) is 21.6 Å². The number of aromatic nitrogens is 2. The summed E-state index contributed by atoms with van der Waals surface area (Å²) in [7, 11) is 1.68. The Kier molecular flexibility index (Phi) is 3.89. The van der Waals surface area contributed by atoms with Gasteiger partial charge in [-0.2, -0.15) is 5.10 Å². The summed E-state index contributed by atoms with van der Waals surface area (Å²) in [6.45, 7) is 0.210. The first kappa shape index (κ1) is 14.3. The Hall–Kier alpha value is -2.16. The van der Waals surface area contributed by atoms with Gasteiger partial charge in [0, 0.05) is 31.3 Å². The summed E-state index contributed by atoms with van der Waals surface area (Å²) in [4.78, 5) is 10.4. The lowest BCUT2D eigenvalue weighted by atomic mass is 10.2. The van der Waals surface area contributed by atoms with Crippen LogP contribution in [0.3, 0.4) is 0 Å². The molecule has 0 aliphatic carbocycles. The Balaban J connectivity index is 2.27. The predicted octanol–water partition coefficient (Wildman–Crippen LogP) is 2.42. The van der Waals surface area contributed by atoms with Gasteiger partial charge in [0.15, 0.2) is 0 Å². The third-order valence-corrected chi connectivity index (χ3v) is 3.38. The lowest BCUT2D eigenvalue weighted by Crippen LogP contribution is -2.06. The highest BCUT2D eigenvalue weighted by molar-refractivity contribution is 9.10. The van der Waals surface area contributed by atoms with E-state index in [0.29, 0.717) is 11.4 Å². The van der Waals surface area contributed by atoms with Crippen LogP contribution in [0.2, 0.25) is 0 Å². The Morgan fingerprint density at radius 3 is 2.85 bits per heavy atom. The van der Waals surface area contributed by atoms with Gasteiger partial charge in [-0.25, -0.2) is 4.39 Å². The van der Waals surface area contributed by atoms with Crippen molar-refractivity contribution < 1.29 is 9.31 Å². The van der Waals surface area contributed by atoms with E-state index in [4.69, 9.17) is 5.73 Å². The SMILES string of the molecule is Cn1ncc(CNc2cc(F)c(Br)cc2[N+](=O)[O-])c1N. The van der Waals surface area contributed by atoms with Gasteiger partial charge < -0.3 is 11.1 Å². The first-order valence-corrected chi connectivity index (χ1v) is 6.33. The van der Waals surface area contributed by atoms with Crippen molar-refractivity contribution in [1.29, 1.82) is 0 Å². The second-order valence-corrected chi connectivity index (χ2v) is 4.93. The lowest BCUT2D eigenvalue weighted by Gasteiger charge is -2.08. The number of hydrogen-bond donors (Lipinski definition) is 2. The number of nitro benzene ring substituents is 1. The van der Waals surface area contributed by atoms with E-state index in [1.54, 1.807) is 13.2 Å². The molecule has 0 unspecified atom stereocenters. The maximum Gasteiger partial charge on any atom is 0.293 e. The van der Waals surface area contributed by atoms with Crippen molar-refractivity contribution in [3.05, 3.63) is 44.3 Å². The summed E-state index contributed by atoms with van der Waals surface area (Å²) >= 11 is 2.92. The molecule has 2 aromatic rings. The summed E-state index contributed by atoms with van der Waals surface area (Å²) in [5.74, 6) is -0.144. The molecule has 0 fully saturated rings. The number of benzene rings is 1. The third kappa shape index (κ3) is 2.72. The van der Waals surface area contributed by atoms with Crippen LogP contribution in [0.25, 0.3) is 0 Å². The second-order valence-electron chi connectivity index (χ2n) is 4.07. The molecule has 1 heterocycles. The quantitative estimate of drug-likeness (QED) is 0.656. The van der Waals surface area contributed by atoms with Crippen molar-refractivity contribution in [2.45, 2.75) is 6.54 Å². The van der Waals surface area contributed by atoms with E-state index in [1.807, 2.05) is 0 Å². The molecule has 0 amide bonds. The molecule has 1 aromatic carbocycles. The molecule has 0 saturated carbocycles. The van der Waals surface area contributed by atoms with Crippen molar-refractivity contribution in [3.8, 4) is 0 Å². The number of rotatable bonds is 4. The summed E-state index contributed by atoms with van der Waals surface area (Å²) in [5, 5.41) is 17.7. The number of hydrogen-bond acceptors (Lipinski definition) is 5. The number of nitrogens with two attached hydrogens (primary N) is 1. The molecule has 20 heavy (non-hydrogen) atoms. The highest BCUT2D eigenvalue weighted by Gasteiger charge is 2.18. The van der Waals surface area contributed by atoms with Crippen molar-refractivity contribution >= 4 is 33.1 Å². The summed E-state index contributed by atoms with van der Waals surface area (Å²) in [6.07, 6.45) is 1.55. The summed E-state index contributed by atoms with van der Waals surface area (Å²) < 4.78 is 15.0. The van der Waals surface area contributed by atoms with Crippen LogP contribution in [0.15, 0.2) is 22.8 Å². The largest absolute Gasteiger partial charge is 0.384 e. The zero-order valence-electron chi connectivity index (χ0n) is 10.4. The molecule has 0 aliphatic rings. The molecule has 0 radical (unpaired) electrons.